The van der Waals surface area contributed by atoms with Gasteiger partial charge in [-0.3, -0.25) is 4.79 Å². The molecule has 21 heavy (non-hydrogen) atoms. The van der Waals surface area contributed by atoms with Gasteiger partial charge in [-0.25, -0.2) is 8.42 Å². The van der Waals surface area contributed by atoms with Crippen LogP contribution in [0.1, 0.15) is 29.3 Å². The number of alkyl halides is 3. The first-order chi connectivity index (χ1) is 9.69. The van der Waals surface area contributed by atoms with Crippen LogP contribution >= 0.6 is 0 Å². The molecular formula is C13H15F3O4S. The molecule has 0 aliphatic carbocycles. The molecule has 0 aliphatic heterocycles. The largest absolute Gasteiger partial charge is 0.493 e. The average Bonchev–Trinajstić information content (AvgIpc) is 2.42. The van der Waals surface area contributed by atoms with E-state index in [1.807, 2.05) is 0 Å². The smallest absolute Gasteiger partial charge is 0.419 e. The highest BCUT2D eigenvalue weighted by atomic mass is 32.2. The fraction of sp³-hybridized carbons (Fsp3) is 0.462. The molecule has 0 unspecified atom stereocenters. The Morgan fingerprint density at radius 2 is 1.95 bits per heavy atom. The molecule has 1 aromatic rings. The Kier molecular flexibility index (Phi) is 5.77. The standard InChI is InChI=1S/C13H15F3O4S/c1-2-21(18,19)7-3-6-20-12-5-4-10(9-17)8-11(12)13(14,15)16/h4-5,8-9H,2-3,6-7H2,1H3. The summed E-state index contributed by atoms with van der Waals surface area (Å²) in [7, 11) is -3.17. The molecule has 1 rings (SSSR count). The number of ether oxygens (including phenoxy) is 1. The lowest BCUT2D eigenvalue weighted by Crippen LogP contribution is -2.14. The van der Waals surface area contributed by atoms with Crippen molar-refractivity contribution < 1.29 is 31.1 Å². The molecule has 8 heteroatoms. The summed E-state index contributed by atoms with van der Waals surface area (Å²) in [5.74, 6) is -0.575. The lowest BCUT2D eigenvalue weighted by atomic mass is 10.1. The summed E-state index contributed by atoms with van der Waals surface area (Å²) < 4.78 is 66.0. The van der Waals surface area contributed by atoms with Gasteiger partial charge in [-0.15, -0.1) is 0 Å². The molecule has 0 saturated carbocycles. The normalized spacial score (nSPS) is 12.2. The Morgan fingerprint density at radius 1 is 1.29 bits per heavy atom. The molecule has 0 heterocycles. The molecule has 0 fully saturated rings. The molecule has 0 radical (unpaired) electrons. The number of sulfone groups is 1. The minimum Gasteiger partial charge on any atom is -0.493 e. The quantitative estimate of drug-likeness (QED) is 0.571. The molecule has 0 N–H and O–H groups in total. The van der Waals surface area contributed by atoms with Gasteiger partial charge >= 0.3 is 6.18 Å². The molecule has 0 bridgehead atoms. The number of carbonyl (C=O) groups excluding carboxylic acids is 1. The van der Waals surface area contributed by atoms with Crippen molar-refractivity contribution in [3.63, 3.8) is 0 Å². The van der Waals surface area contributed by atoms with Crippen molar-refractivity contribution in [3.05, 3.63) is 29.3 Å². The van der Waals surface area contributed by atoms with Crippen LogP contribution in [0, 0.1) is 0 Å². The third kappa shape index (κ3) is 5.37. The monoisotopic (exact) mass is 324 g/mol. The van der Waals surface area contributed by atoms with Crippen molar-refractivity contribution in [1.82, 2.24) is 0 Å². The maximum absolute atomic E-state index is 12.8. The SMILES string of the molecule is CCS(=O)(=O)CCCOc1ccc(C=O)cc1C(F)(F)F. The van der Waals surface area contributed by atoms with E-state index >= 15 is 0 Å². The maximum Gasteiger partial charge on any atom is 0.419 e. The summed E-state index contributed by atoms with van der Waals surface area (Å²) >= 11 is 0. The molecule has 0 atom stereocenters. The Labute approximate surface area is 120 Å². The summed E-state index contributed by atoms with van der Waals surface area (Å²) in [6.45, 7) is 1.35. The van der Waals surface area contributed by atoms with E-state index in [1.54, 1.807) is 0 Å². The third-order valence-corrected chi connectivity index (χ3v) is 4.53. The number of aldehydes is 1. The molecule has 0 spiro atoms. The fourth-order valence-corrected chi connectivity index (χ4v) is 2.42. The summed E-state index contributed by atoms with van der Waals surface area (Å²) in [6.07, 6.45) is -4.24. The van der Waals surface area contributed by atoms with Gasteiger partial charge in [-0.05, 0) is 24.6 Å². The first-order valence-corrected chi connectivity index (χ1v) is 8.01. The molecule has 0 aliphatic rings. The Bertz CT molecular complexity index is 594. The van der Waals surface area contributed by atoms with Crippen molar-refractivity contribution in [3.8, 4) is 5.75 Å². The molecule has 0 saturated heterocycles. The second-order valence-corrected chi connectivity index (χ2v) is 6.78. The van der Waals surface area contributed by atoms with Gasteiger partial charge in [0.1, 0.15) is 21.9 Å². The van der Waals surface area contributed by atoms with Crippen LogP contribution in [-0.2, 0) is 16.0 Å². The fourth-order valence-electron chi connectivity index (χ4n) is 1.57. The highest BCUT2D eigenvalue weighted by Crippen LogP contribution is 2.36. The van der Waals surface area contributed by atoms with E-state index in [0.29, 0.717) is 12.4 Å². The van der Waals surface area contributed by atoms with Gasteiger partial charge in [0.05, 0.1) is 17.9 Å². The Morgan fingerprint density at radius 3 is 2.48 bits per heavy atom. The zero-order valence-electron chi connectivity index (χ0n) is 11.3. The highest BCUT2D eigenvalue weighted by Gasteiger charge is 2.34. The zero-order valence-corrected chi connectivity index (χ0v) is 12.1. The van der Waals surface area contributed by atoms with Gasteiger partial charge in [0, 0.05) is 11.3 Å². The van der Waals surface area contributed by atoms with Gasteiger partial charge in [-0.1, -0.05) is 6.92 Å². The van der Waals surface area contributed by atoms with E-state index in [-0.39, 0.29) is 30.1 Å². The zero-order chi connectivity index (χ0) is 16.1. The first kappa shape index (κ1) is 17.5. The van der Waals surface area contributed by atoms with Gasteiger partial charge < -0.3 is 4.74 Å². The molecule has 0 amide bonds. The number of carbonyl (C=O) groups is 1. The van der Waals surface area contributed by atoms with Crippen LogP contribution in [-0.4, -0.2) is 32.8 Å². The van der Waals surface area contributed by atoms with Crippen LogP contribution in [0.5, 0.6) is 5.75 Å². The van der Waals surface area contributed by atoms with Crippen LogP contribution in [0.2, 0.25) is 0 Å². The van der Waals surface area contributed by atoms with E-state index in [4.69, 9.17) is 4.74 Å². The first-order valence-electron chi connectivity index (χ1n) is 6.19. The van der Waals surface area contributed by atoms with Crippen molar-refractivity contribution >= 4 is 16.1 Å². The van der Waals surface area contributed by atoms with Crippen LogP contribution in [0.15, 0.2) is 18.2 Å². The Hall–Kier alpha value is -1.57. The lowest BCUT2D eigenvalue weighted by Gasteiger charge is -2.14. The summed E-state index contributed by atoms with van der Waals surface area (Å²) in [5.41, 5.74) is -1.16. The minimum absolute atomic E-state index is 0.0190. The molecule has 4 nitrogen and oxygen atoms in total. The number of hydrogen-bond donors (Lipinski definition) is 0. The Balaban J connectivity index is 2.77. The summed E-state index contributed by atoms with van der Waals surface area (Å²) in [4.78, 5) is 10.5. The highest BCUT2D eigenvalue weighted by molar-refractivity contribution is 7.91. The van der Waals surface area contributed by atoms with Crippen molar-refractivity contribution in [2.45, 2.75) is 19.5 Å². The summed E-state index contributed by atoms with van der Waals surface area (Å²) in [5, 5.41) is 0. The van der Waals surface area contributed by atoms with Crippen LogP contribution < -0.4 is 4.74 Å². The number of halogens is 3. The second-order valence-electron chi connectivity index (χ2n) is 4.31. The third-order valence-electron chi connectivity index (χ3n) is 2.74. The average molecular weight is 324 g/mol. The molecule has 1 aromatic carbocycles. The lowest BCUT2D eigenvalue weighted by molar-refractivity contribution is -0.138. The van der Waals surface area contributed by atoms with Crippen molar-refractivity contribution in [2.24, 2.45) is 0 Å². The molecular weight excluding hydrogens is 309 g/mol. The van der Waals surface area contributed by atoms with Gasteiger partial charge in [-0.2, -0.15) is 13.2 Å². The van der Waals surface area contributed by atoms with Gasteiger partial charge in [0.15, 0.2) is 0 Å². The van der Waals surface area contributed by atoms with Gasteiger partial charge in [0.2, 0.25) is 0 Å². The van der Waals surface area contributed by atoms with Crippen LogP contribution in [0.4, 0.5) is 13.2 Å². The minimum atomic E-state index is -4.65. The molecule has 118 valence electrons. The van der Waals surface area contributed by atoms with E-state index in [0.717, 1.165) is 6.07 Å². The van der Waals surface area contributed by atoms with E-state index in [9.17, 15) is 26.4 Å². The molecule has 0 aromatic heterocycles. The van der Waals surface area contributed by atoms with E-state index in [1.165, 1.54) is 13.0 Å². The number of rotatable bonds is 7. The predicted octanol–water partition coefficient (Wildman–Crippen LogP) is 2.72. The van der Waals surface area contributed by atoms with E-state index < -0.39 is 27.3 Å². The number of benzene rings is 1. The predicted molar refractivity (Wildman–Crippen MR) is 71.3 cm³/mol. The van der Waals surface area contributed by atoms with Gasteiger partial charge in [0.25, 0.3) is 0 Å². The number of hydrogen-bond acceptors (Lipinski definition) is 4. The van der Waals surface area contributed by atoms with Crippen molar-refractivity contribution in [2.75, 3.05) is 18.1 Å². The van der Waals surface area contributed by atoms with Crippen molar-refractivity contribution in [1.29, 1.82) is 0 Å². The van der Waals surface area contributed by atoms with Crippen LogP contribution in [0.25, 0.3) is 0 Å². The van der Waals surface area contributed by atoms with Crippen LogP contribution in [0.3, 0.4) is 0 Å². The maximum atomic E-state index is 12.8. The van der Waals surface area contributed by atoms with E-state index in [2.05, 4.69) is 0 Å². The summed E-state index contributed by atoms with van der Waals surface area (Å²) in [6, 6.07) is 2.96. The topological polar surface area (TPSA) is 60.4 Å². The second kappa shape index (κ2) is 6.93.